The molecule has 37 heavy (non-hydrogen) atoms. The van der Waals surface area contributed by atoms with Gasteiger partial charge < -0.3 is 19.1 Å². The maximum Gasteiger partial charge on any atom is 0.256 e. The molecule has 2 fully saturated rings. The van der Waals surface area contributed by atoms with Gasteiger partial charge in [-0.05, 0) is 94.2 Å². The molecule has 2 saturated heterocycles. The van der Waals surface area contributed by atoms with Gasteiger partial charge in [0.05, 0.1) is 29.6 Å². The predicted molar refractivity (Wildman–Crippen MR) is 145 cm³/mol. The molecule has 2 aliphatic heterocycles. The summed E-state index contributed by atoms with van der Waals surface area (Å²) in [4.78, 5) is 22.1. The van der Waals surface area contributed by atoms with E-state index in [4.69, 9.17) is 4.74 Å². The fourth-order valence-corrected chi connectivity index (χ4v) is 5.98. The average Bonchev–Trinajstić information content (AvgIpc) is 3.48. The number of benzene rings is 1. The second-order valence-electron chi connectivity index (χ2n) is 11.2. The van der Waals surface area contributed by atoms with E-state index in [1.165, 1.54) is 42.3 Å². The number of carbonyl (C=O) groups excluding carboxylic acids is 1. The molecule has 1 amide bonds. The van der Waals surface area contributed by atoms with Gasteiger partial charge in [0, 0.05) is 50.6 Å². The third-order valence-electron chi connectivity index (χ3n) is 8.17. The van der Waals surface area contributed by atoms with Crippen LogP contribution in [0.2, 0.25) is 0 Å². The lowest BCUT2D eigenvalue weighted by Crippen LogP contribution is -2.33. The van der Waals surface area contributed by atoms with Crippen molar-refractivity contribution < 1.29 is 13.9 Å². The number of pyridine rings is 1. The van der Waals surface area contributed by atoms with Gasteiger partial charge in [-0.3, -0.25) is 9.78 Å². The summed E-state index contributed by atoms with van der Waals surface area (Å²) in [5, 5.41) is 1.19. The van der Waals surface area contributed by atoms with E-state index in [9.17, 15) is 9.18 Å². The topological polar surface area (TPSA) is 50.6 Å². The molecule has 2 aliphatic rings. The Bertz CT molecular complexity index is 1260. The number of carbonyl (C=O) groups is 1. The molecule has 4 heterocycles. The number of fused-ring (bicyclic) bond motifs is 1. The summed E-state index contributed by atoms with van der Waals surface area (Å²) in [7, 11) is 1.76. The zero-order chi connectivity index (χ0) is 26.1. The molecule has 2 atom stereocenters. The number of aryl methyl sites for hydroxylation is 1. The number of aromatic nitrogens is 2. The molecule has 198 valence electrons. The largest absolute Gasteiger partial charge is 0.381 e. The highest BCUT2D eigenvalue weighted by Crippen LogP contribution is 2.33. The summed E-state index contributed by atoms with van der Waals surface area (Å²) in [6, 6.07) is 4.51. The normalized spacial score (nSPS) is 20.7. The first-order valence-corrected chi connectivity index (χ1v) is 13.6. The molecule has 3 aromatic rings. The third kappa shape index (κ3) is 5.43. The Labute approximate surface area is 219 Å². The maximum atomic E-state index is 14.3. The Kier molecular flexibility index (Phi) is 7.63. The molecule has 0 bridgehead atoms. The van der Waals surface area contributed by atoms with Crippen LogP contribution >= 0.6 is 0 Å². The van der Waals surface area contributed by atoms with Gasteiger partial charge >= 0.3 is 0 Å². The predicted octanol–water partition coefficient (Wildman–Crippen LogP) is 5.24. The monoisotopic (exact) mass is 506 g/mol. The molecule has 7 heteroatoms. The van der Waals surface area contributed by atoms with Crippen molar-refractivity contribution in [1.29, 1.82) is 0 Å². The minimum Gasteiger partial charge on any atom is -0.381 e. The third-order valence-corrected chi connectivity index (χ3v) is 8.17. The molecule has 5 rings (SSSR count). The molecule has 2 aromatic heterocycles. The van der Waals surface area contributed by atoms with E-state index >= 15 is 0 Å². The maximum absolute atomic E-state index is 14.3. The van der Waals surface area contributed by atoms with Crippen LogP contribution in [-0.4, -0.2) is 71.2 Å². The standard InChI is InChI=1S/C30H39FN4O2/c1-20(2)33(4)30(36)26-13-25(31)7-8-27(26)35-18-24(29-21(3)14-32-15-28(29)35)12-22-9-10-34(16-22)17-23-6-5-11-37-19-23/h7-8,13-15,18,20,22-23H,5-6,9-12,16-17,19H2,1-4H3/t22-,23+/m0/s1. The number of rotatable bonds is 7. The summed E-state index contributed by atoms with van der Waals surface area (Å²) in [5.74, 6) is 0.634. The van der Waals surface area contributed by atoms with Gasteiger partial charge in [-0.1, -0.05) is 0 Å². The van der Waals surface area contributed by atoms with Crippen LogP contribution in [0, 0.1) is 24.6 Å². The first-order chi connectivity index (χ1) is 17.8. The van der Waals surface area contributed by atoms with Crippen LogP contribution in [-0.2, 0) is 11.2 Å². The molecule has 0 radical (unpaired) electrons. The second-order valence-corrected chi connectivity index (χ2v) is 11.2. The van der Waals surface area contributed by atoms with Gasteiger partial charge in [0.15, 0.2) is 0 Å². The highest BCUT2D eigenvalue weighted by Gasteiger charge is 2.28. The Morgan fingerprint density at radius 2 is 2.08 bits per heavy atom. The van der Waals surface area contributed by atoms with Gasteiger partial charge in [0.2, 0.25) is 0 Å². The van der Waals surface area contributed by atoms with Crippen molar-refractivity contribution >= 4 is 16.8 Å². The minimum atomic E-state index is -0.412. The van der Waals surface area contributed by atoms with Crippen LogP contribution < -0.4 is 0 Å². The van der Waals surface area contributed by atoms with E-state index in [1.807, 2.05) is 30.8 Å². The SMILES string of the molecule is Cc1cncc2c1c(C[C@@H]1CCN(C[C@H]3CCCOC3)C1)cn2-c1ccc(F)cc1C(=O)N(C)C(C)C. The van der Waals surface area contributed by atoms with E-state index in [2.05, 4.69) is 23.0 Å². The molecular formula is C30H39FN4O2. The summed E-state index contributed by atoms with van der Waals surface area (Å²) in [5.41, 5.74) is 4.39. The van der Waals surface area contributed by atoms with Crippen molar-refractivity contribution in [3.63, 3.8) is 0 Å². The van der Waals surface area contributed by atoms with E-state index in [1.54, 1.807) is 18.0 Å². The Morgan fingerprint density at radius 3 is 2.84 bits per heavy atom. The lowest BCUT2D eigenvalue weighted by Gasteiger charge is -2.26. The zero-order valence-corrected chi connectivity index (χ0v) is 22.5. The number of halogens is 1. The van der Waals surface area contributed by atoms with Gasteiger partial charge in [0.1, 0.15) is 5.82 Å². The van der Waals surface area contributed by atoms with Crippen LogP contribution in [0.15, 0.2) is 36.8 Å². The fraction of sp³-hybridized carbons (Fsp3) is 0.533. The quantitative estimate of drug-likeness (QED) is 0.440. The number of hydrogen-bond acceptors (Lipinski definition) is 4. The molecule has 0 unspecified atom stereocenters. The highest BCUT2D eigenvalue weighted by atomic mass is 19.1. The van der Waals surface area contributed by atoms with E-state index in [0.29, 0.717) is 23.1 Å². The van der Waals surface area contributed by atoms with Crippen molar-refractivity contribution in [2.45, 2.75) is 52.5 Å². The van der Waals surface area contributed by atoms with Crippen molar-refractivity contribution in [1.82, 2.24) is 19.4 Å². The van der Waals surface area contributed by atoms with Crippen LogP contribution in [0.5, 0.6) is 0 Å². The summed E-state index contributed by atoms with van der Waals surface area (Å²) >= 11 is 0. The van der Waals surface area contributed by atoms with Gasteiger partial charge in [-0.25, -0.2) is 4.39 Å². The van der Waals surface area contributed by atoms with E-state index < -0.39 is 5.82 Å². The Hall–Kier alpha value is -2.77. The average molecular weight is 507 g/mol. The van der Waals surface area contributed by atoms with Crippen LogP contribution in [0.4, 0.5) is 4.39 Å². The lowest BCUT2D eigenvalue weighted by molar-refractivity contribution is 0.0413. The zero-order valence-electron chi connectivity index (χ0n) is 22.5. The Morgan fingerprint density at radius 1 is 1.24 bits per heavy atom. The molecule has 0 spiro atoms. The highest BCUT2D eigenvalue weighted by molar-refractivity contribution is 5.99. The van der Waals surface area contributed by atoms with Gasteiger partial charge in [-0.2, -0.15) is 0 Å². The van der Waals surface area contributed by atoms with Crippen molar-refractivity contribution in [3.8, 4) is 5.69 Å². The first kappa shape index (κ1) is 25.9. The Balaban J connectivity index is 1.45. The van der Waals surface area contributed by atoms with Crippen molar-refractivity contribution in [2.24, 2.45) is 11.8 Å². The van der Waals surface area contributed by atoms with Crippen molar-refractivity contribution in [2.75, 3.05) is 39.9 Å². The second kappa shape index (κ2) is 10.9. The minimum absolute atomic E-state index is 0.00924. The van der Waals surface area contributed by atoms with Crippen molar-refractivity contribution in [3.05, 3.63) is 59.3 Å². The van der Waals surface area contributed by atoms with Gasteiger partial charge in [0.25, 0.3) is 5.91 Å². The van der Waals surface area contributed by atoms with E-state index in [0.717, 1.165) is 50.3 Å². The number of nitrogens with zero attached hydrogens (tertiary/aromatic N) is 4. The molecule has 6 nitrogen and oxygen atoms in total. The van der Waals surface area contributed by atoms with Crippen LogP contribution in [0.1, 0.15) is 54.6 Å². The summed E-state index contributed by atoms with van der Waals surface area (Å²) < 4.78 is 22.1. The smallest absolute Gasteiger partial charge is 0.256 e. The van der Waals surface area contributed by atoms with E-state index in [-0.39, 0.29) is 11.9 Å². The summed E-state index contributed by atoms with van der Waals surface area (Å²) in [6.07, 6.45) is 10.5. The molecule has 0 N–H and O–H groups in total. The number of hydrogen-bond donors (Lipinski definition) is 0. The lowest BCUT2D eigenvalue weighted by atomic mass is 9.97. The molecule has 0 aliphatic carbocycles. The molecule has 0 saturated carbocycles. The number of amides is 1. The summed E-state index contributed by atoms with van der Waals surface area (Å²) in [6.45, 7) is 11.2. The van der Waals surface area contributed by atoms with Crippen LogP contribution in [0.3, 0.4) is 0 Å². The number of ether oxygens (including phenoxy) is 1. The first-order valence-electron chi connectivity index (χ1n) is 13.6. The molecule has 1 aromatic carbocycles. The van der Waals surface area contributed by atoms with Gasteiger partial charge in [-0.15, -0.1) is 0 Å². The van der Waals surface area contributed by atoms with Crippen LogP contribution in [0.25, 0.3) is 16.6 Å². The number of likely N-dealkylation sites (tertiary alicyclic amines) is 1. The molecular weight excluding hydrogens is 467 g/mol. The fourth-order valence-electron chi connectivity index (χ4n) is 5.98.